The van der Waals surface area contributed by atoms with Gasteiger partial charge in [0.05, 0.1) is 11.9 Å². The Bertz CT molecular complexity index is 343. The fourth-order valence-corrected chi connectivity index (χ4v) is 1.34. The van der Waals surface area contributed by atoms with Crippen LogP contribution in [0, 0.1) is 0 Å². The van der Waals surface area contributed by atoms with Crippen LogP contribution in [0.1, 0.15) is 23.3 Å². The number of rotatable bonds is 2. The van der Waals surface area contributed by atoms with Gasteiger partial charge in [-0.05, 0) is 25.0 Å². The van der Waals surface area contributed by atoms with E-state index in [4.69, 9.17) is 5.73 Å². The van der Waals surface area contributed by atoms with Crippen molar-refractivity contribution in [3.63, 3.8) is 0 Å². The van der Waals surface area contributed by atoms with Gasteiger partial charge in [-0.2, -0.15) is 0 Å². The van der Waals surface area contributed by atoms with Gasteiger partial charge in [-0.1, -0.05) is 0 Å². The molecule has 0 saturated heterocycles. The Morgan fingerprint density at radius 3 is 2.79 bits per heavy atom. The Morgan fingerprint density at radius 1 is 1.57 bits per heavy atom. The van der Waals surface area contributed by atoms with E-state index in [1.807, 2.05) is 7.05 Å². The fourth-order valence-electron chi connectivity index (χ4n) is 1.34. The van der Waals surface area contributed by atoms with Crippen molar-refractivity contribution in [1.29, 1.82) is 0 Å². The lowest BCUT2D eigenvalue weighted by molar-refractivity contribution is 0.0779. The largest absolute Gasteiger partial charge is 0.397 e. The summed E-state index contributed by atoms with van der Waals surface area (Å²) in [5.74, 6) is -0.0208. The highest BCUT2D eigenvalue weighted by atomic mass is 16.2. The molecule has 1 aliphatic rings. The number of pyridine rings is 1. The van der Waals surface area contributed by atoms with Crippen LogP contribution in [0.25, 0.3) is 0 Å². The zero-order valence-electron chi connectivity index (χ0n) is 8.10. The molecule has 0 unspecified atom stereocenters. The molecule has 0 radical (unpaired) electrons. The Labute approximate surface area is 82.7 Å². The van der Waals surface area contributed by atoms with Gasteiger partial charge < -0.3 is 10.6 Å². The number of hydrogen-bond donors (Lipinski definition) is 1. The molecular weight excluding hydrogens is 178 g/mol. The van der Waals surface area contributed by atoms with Gasteiger partial charge >= 0.3 is 0 Å². The minimum atomic E-state index is -0.0208. The van der Waals surface area contributed by atoms with E-state index in [9.17, 15) is 4.79 Å². The number of aromatic nitrogens is 1. The molecule has 1 fully saturated rings. The minimum Gasteiger partial charge on any atom is -0.397 e. The van der Waals surface area contributed by atoms with Gasteiger partial charge in [-0.25, -0.2) is 4.98 Å². The number of hydrogen-bond acceptors (Lipinski definition) is 3. The summed E-state index contributed by atoms with van der Waals surface area (Å²) in [5.41, 5.74) is 6.53. The molecule has 14 heavy (non-hydrogen) atoms. The van der Waals surface area contributed by atoms with Crippen molar-refractivity contribution >= 4 is 11.6 Å². The molecule has 1 aromatic rings. The Kier molecular flexibility index (Phi) is 2.11. The predicted molar refractivity (Wildman–Crippen MR) is 53.8 cm³/mol. The van der Waals surface area contributed by atoms with Gasteiger partial charge in [-0.15, -0.1) is 0 Å². The second-order valence-electron chi connectivity index (χ2n) is 3.62. The van der Waals surface area contributed by atoms with E-state index >= 15 is 0 Å². The molecule has 0 bridgehead atoms. The van der Waals surface area contributed by atoms with E-state index < -0.39 is 0 Å². The van der Waals surface area contributed by atoms with E-state index in [0.29, 0.717) is 17.4 Å². The number of carbonyl (C=O) groups excluding carboxylic acids is 1. The van der Waals surface area contributed by atoms with Crippen LogP contribution in [-0.2, 0) is 0 Å². The van der Waals surface area contributed by atoms with Gasteiger partial charge in [0.1, 0.15) is 5.69 Å². The summed E-state index contributed by atoms with van der Waals surface area (Å²) < 4.78 is 0. The van der Waals surface area contributed by atoms with Crippen LogP contribution in [0.15, 0.2) is 18.3 Å². The molecule has 2 rings (SSSR count). The zero-order chi connectivity index (χ0) is 10.1. The third-order valence-corrected chi connectivity index (χ3v) is 2.42. The molecular formula is C10H13N3O. The Hall–Kier alpha value is -1.58. The number of carbonyl (C=O) groups is 1. The van der Waals surface area contributed by atoms with Gasteiger partial charge in [0.2, 0.25) is 0 Å². The van der Waals surface area contributed by atoms with Crippen molar-refractivity contribution in [3.8, 4) is 0 Å². The molecule has 4 heteroatoms. The molecule has 1 aliphatic carbocycles. The van der Waals surface area contributed by atoms with Crippen molar-refractivity contribution in [1.82, 2.24) is 9.88 Å². The summed E-state index contributed by atoms with van der Waals surface area (Å²) in [4.78, 5) is 17.5. The first-order valence-corrected chi connectivity index (χ1v) is 4.67. The van der Waals surface area contributed by atoms with Crippen molar-refractivity contribution in [2.75, 3.05) is 12.8 Å². The molecule has 1 saturated carbocycles. The summed E-state index contributed by atoms with van der Waals surface area (Å²) in [6.45, 7) is 0. The highest BCUT2D eigenvalue weighted by molar-refractivity contribution is 5.92. The number of nitrogens with zero attached hydrogens (tertiary/aromatic N) is 2. The third kappa shape index (κ3) is 1.69. The smallest absolute Gasteiger partial charge is 0.272 e. The number of amides is 1. The van der Waals surface area contributed by atoms with Crippen LogP contribution >= 0.6 is 0 Å². The third-order valence-electron chi connectivity index (χ3n) is 2.42. The number of anilines is 1. The summed E-state index contributed by atoms with van der Waals surface area (Å²) in [6, 6.07) is 3.78. The first-order chi connectivity index (χ1) is 6.68. The number of nitrogen functional groups attached to an aromatic ring is 1. The summed E-state index contributed by atoms with van der Waals surface area (Å²) >= 11 is 0. The fraction of sp³-hybridized carbons (Fsp3) is 0.400. The molecule has 0 atom stereocenters. The second-order valence-corrected chi connectivity index (χ2v) is 3.62. The maximum Gasteiger partial charge on any atom is 0.272 e. The average Bonchev–Trinajstić information content (AvgIpc) is 3.00. The van der Waals surface area contributed by atoms with Crippen LogP contribution in [0.2, 0.25) is 0 Å². The molecule has 1 aromatic heterocycles. The van der Waals surface area contributed by atoms with E-state index in [1.165, 1.54) is 6.20 Å². The molecule has 4 nitrogen and oxygen atoms in total. The van der Waals surface area contributed by atoms with Gasteiger partial charge in [-0.3, -0.25) is 4.79 Å². The standard InChI is InChI=1S/C10H13N3O/c1-13(8-3-4-8)10(14)9-5-2-7(11)6-12-9/h2,5-6,8H,3-4,11H2,1H3. The molecule has 0 aromatic carbocycles. The van der Waals surface area contributed by atoms with Gasteiger partial charge in [0.15, 0.2) is 0 Å². The summed E-state index contributed by atoms with van der Waals surface area (Å²) in [5, 5.41) is 0. The SMILES string of the molecule is CN(C(=O)c1ccc(N)cn1)C1CC1. The lowest BCUT2D eigenvalue weighted by Gasteiger charge is -2.15. The topological polar surface area (TPSA) is 59.2 Å². The van der Waals surface area contributed by atoms with Crippen molar-refractivity contribution < 1.29 is 4.79 Å². The van der Waals surface area contributed by atoms with Crippen LogP contribution in [0.3, 0.4) is 0 Å². The first-order valence-electron chi connectivity index (χ1n) is 4.67. The van der Waals surface area contributed by atoms with Gasteiger partial charge in [0, 0.05) is 13.1 Å². The lowest BCUT2D eigenvalue weighted by Crippen LogP contribution is -2.29. The van der Waals surface area contributed by atoms with Crippen LogP contribution in [0.5, 0.6) is 0 Å². The van der Waals surface area contributed by atoms with Crippen molar-refractivity contribution in [2.45, 2.75) is 18.9 Å². The quantitative estimate of drug-likeness (QED) is 0.755. The van der Waals surface area contributed by atoms with Crippen LogP contribution in [0.4, 0.5) is 5.69 Å². The predicted octanol–water partition coefficient (Wildman–Crippen LogP) is 0.898. The van der Waals surface area contributed by atoms with Crippen molar-refractivity contribution in [2.24, 2.45) is 0 Å². The number of nitrogens with two attached hydrogens (primary N) is 1. The Morgan fingerprint density at radius 2 is 2.29 bits per heavy atom. The maximum atomic E-state index is 11.8. The van der Waals surface area contributed by atoms with E-state index in [2.05, 4.69) is 4.98 Å². The normalized spacial score (nSPS) is 15.2. The van der Waals surface area contributed by atoms with Crippen LogP contribution in [-0.4, -0.2) is 28.9 Å². The monoisotopic (exact) mass is 191 g/mol. The van der Waals surface area contributed by atoms with Crippen LogP contribution < -0.4 is 5.73 Å². The molecule has 0 spiro atoms. The summed E-state index contributed by atoms with van der Waals surface area (Å²) in [6.07, 6.45) is 3.72. The Balaban J connectivity index is 2.13. The first kappa shape index (κ1) is 8.99. The molecule has 2 N–H and O–H groups in total. The molecule has 0 aliphatic heterocycles. The van der Waals surface area contributed by atoms with Crippen molar-refractivity contribution in [3.05, 3.63) is 24.0 Å². The molecule has 1 heterocycles. The van der Waals surface area contributed by atoms with Gasteiger partial charge in [0.25, 0.3) is 5.91 Å². The minimum absolute atomic E-state index is 0.0208. The summed E-state index contributed by atoms with van der Waals surface area (Å²) in [7, 11) is 1.82. The van der Waals surface area contributed by atoms with E-state index in [0.717, 1.165) is 12.8 Å². The molecule has 74 valence electrons. The zero-order valence-corrected chi connectivity index (χ0v) is 8.10. The van der Waals surface area contributed by atoms with E-state index in [-0.39, 0.29) is 5.91 Å². The lowest BCUT2D eigenvalue weighted by atomic mass is 10.3. The van der Waals surface area contributed by atoms with E-state index in [1.54, 1.807) is 17.0 Å². The maximum absolute atomic E-state index is 11.8. The highest BCUT2D eigenvalue weighted by Gasteiger charge is 2.30. The average molecular weight is 191 g/mol. The second kappa shape index (κ2) is 3.29. The highest BCUT2D eigenvalue weighted by Crippen LogP contribution is 2.26. The molecule has 1 amide bonds.